The summed E-state index contributed by atoms with van der Waals surface area (Å²) in [6.45, 7) is 1.38. The lowest BCUT2D eigenvalue weighted by molar-refractivity contribution is 0.00387. The van der Waals surface area contributed by atoms with E-state index in [2.05, 4.69) is 9.05 Å². The third-order valence-electron chi connectivity index (χ3n) is 1.66. The number of hydrogen-bond donors (Lipinski definition) is 4. The quantitative estimate of drug-likeness (QED) is 0.333. The molecule has 18 heavy (non-hydrogen) atoms. The maximum Gasteiger partial charge on any atom is 0.470 e. The molecular weight excluding hydrogens is 290 g/mol. The average molecular weight is 308 g/mol. The number of hydrogen-bond acceptors (Lipinski definition) is 5. The van der Waals surface area contributed by atoms with Gasteiger partial charge in [0.2, 0.25) is 0 Å². The van der Waals surface area contributed by atoms with E-state index in [1.54, 1.807) is 0 Å². The minimum atomic E-state index is -4.77. The van der Waals surface area contributed by atoms with Crippen molar-refractivity contribution < 1.29 is 42.5 Å². The summed E-state index contributed by atoms with van der Waals surface area (Å²) in [5.74, 6) is 0. The summed E-state index contributed by atoms with van der Waals surface area (Å²) in [6.07, 6.45) is 0.376. The number of ether oxygens (including phenoxy) is 1. The molecule has 0 aliphatic heterocycles. The van der Waals surface area contributed by atoms with Gasteiger partial charge in [0.25, 0.3) is 0 Å². The highest BCUT2D eigenvalue weighted by atomic mass is 31.2. The molecule has 0 radical (unpaired) electrons. The Morgan fingerprint density at radius 1 is 1.06 bits per heavy atom. The standard InChI is InChI=1S/C7H18O9P2/c1-2-3-4-14-5-7(16-18(11,12)13)6-15-17(8,9)10/h7H,2-6H2,1H3,(H2,8,9,10)(H2,11,12,13). The molecule has 0 heterocycles. The second kappa shape index (κ2) is 8.37. The van der Waals surface area contributed by atoms with Crippen LogP contribution in [0.4, 0.5) is 0 Å². The summed E-state index contributed by atoms with van der Waals surface area (Å²) < 4.78 is 34.5. The van der Waals surface area contributed by atoms with Crippen LogP contribution in [0.2, 0.25) is 0 Å². The maximum absolute atomic E-state index is 10.6. The van der Waals surface area contributed by atoms with Crippen molar-refractivity contribution in [1.82, 2.24) is 0 Å². The lowest BCUT2D eigenvalue weighted by Crippen LogP contribution is -2.24. The van der Waals surface area contributed by atoms with Gasteiger partial charge < -0.3 is 24.3 Å². The van der Waals surface area contributed by atoms with Gasteiger partial charge in [-0.1, -0.05) is 13.3 Å². The molecule has 0 fully saturated rings. The van der Waals surface area contributed by atoms with E-state index < -0.39 is 28.4 Å². The van der Waals surface area contributed by atoms with E-state index >= 15 is 0 Å². The Balaban J connectivity index is 4.17. The first-order chi connectivity index (χ1) is 8.14. The monoisotopic (exact) mass is 308 g/mol. The molecule has 0 aromatic carbocycles. The molecule has 0 rings (SSSR count). The lowest BCUT2D eigenvalue weighted by Gasteiger charge is -2.18. The first kappa shape index (κ1) is 18.2. The molecule has 0 saturated carbocycles. The first-order valence-corrected chi connectivity index (χ1v) is 8.22. The van der Waals surface area contributed by atoms with Gasteiger partial charge in [-0.05, 0) is 6.42 Å². The molecule has 11 heteroatoms. The molecule has 0 spiro atoms. The fourth-order valence-corrected chi connectivity index (χ4v) is 1.82. The second-order valence-electron chi connectivity index (χ2n) is 3.43. The van der Waals surface area contributed by atoms with Crippen molar-refractivity contribution in [2.24, 2.45) is 0 Å². The molecule has 0 saturated heterocycles. The normalized spacial score (nSPS) is 14.7. The first-order valence-electron chi connectivity index (χ1n) is 5.16. The van der Waals surface area contributed by atoms with Crippen LogP contribution < -0.4 is 0 Å². The van der Waals surface area contributed by atoms with Crippen LogP contribution in [-0.4, -0.2) is 45.5 Å². The maximum atomic E-state index is 10.6. The molecule has 0 aliphatic carbocycles. The highest BCUT2D eigenvalue weighted by Crippen LogP contribution is 2.40. The van der Waals surface area contributed by atoms with Gasteiger partial charge in [-0.25, -0.2) is 9.13 Å². The fraction of sp³-hybridized carbons (Fsp3) is 1.00. The SMILES string of the molecule is CCCCOCC(COP(=O)(O)O)OP(=O)(O)O. The predicted molar refractivity (Wildman–Crippen MR) is 60.6 cm³/mol. The molecule has 4 N–H and O–H groups in total. The molecule has 9 nitrogen and oxygen atoms in total. The van der Waals surface area contributed by atoms with Gasteiger partial charge in [0, 0.05) is 6.61 Å². The molecule has 0 bridgehead atoms. The van der Waals surface area contributed by atoms with E-state index in [-0.39, 0.29) is 6.61 Å². The Kier molecular flexibility index (Phi) is 8.45. The number of phosphoric acid groups is 2. The molecular formula is C7H18O9P2. The van der Waals surface area contributed by atoms with Crippen molar-refractivity contribution in [2.45, 2.75) is 25.9 Å². The van der Waals surface area contributed by atoms with Crippen molar-refractivity contribution in [3.8, 4) is 0 Å². The van der Waals surface area contributed by atoms with Crippen LogP contribution in [0.5, 0.6) is 0 Å². The van der Waals surface area contributed by atoms with Crippen LogP contribution in [0.15, 0.2) is 0 Å². The average Bonchev–Trinajstić information content (AvgIpc) is 2.17. The van der Waals surface area contributed by atoms with Crippen LogP contribution in [-0.2, 0) is 22.9 Å². The van der Waals surface area contributed by atoms with Crippen LogP contribution in [0.1, 0.15) is 19.8 Å². The van der Waals surface area contributed by atoms with Crippen LogP contribution in [0.3, 0.4) is 0 Å². The van der Waals surface area contributed by atoms with Crippen molar-refractivity contribution in [3.05, 3.63) is 0 Å². The summed E-state index contributed by atoms with van der Waals surface area (Å²) in [5, 5.41) is 0. The topological polar surface area (TPSA) is 143 Å². The zero-order valence-electron chi connectivity index (χ0n) is 9.84. The van der Waals surface area contributed by atoms with Crippen molar-refractivity contribution >= 4 is 15.6 Å². The van der Waals surface area contributed by atoms with Crippen molar-refractivity contribution in [3.63, 3.8) is 0 Å². The van der Waals surface area contributed by atoms with Crippen LogP contribution in [0, 0.1) is 0 Å². The van der Waals surface area contributed by atoms with E-state index in [0.717, 1.165) is 12.8 Å². The summed E-state index contributed by atoms with van der Waals surface area (Å²) >= 11 is 0. The van der Waals surface area contributed by atoms with Gasteiger partial charge in [-0.2, -0.15) is 0 Å². The highest BCUT2D eigenvalue weighted by Gasteiger charge is 2.25. The highest BCUT2D eigenvalue weighted by molar-refractivity contribution is 7.46. The summed E-state index contributed by atoms with van der Waals surface area (Å²) in [6, 6.07) is 0. The van der Waals surface area contributed by atoms with Gasteiger partial charge in [-0.3, -0.25) is 9.05 Å². The van der Waals surface area contributed by atoms with E-state index in [1.807, 2.05) is 6.92 Å². The molecule has 0 aliphatic rings. The fourth-order valence-electron chi connectivity index (χ4n) is 0.945. The summed E-state index contributed by atoms with van der Waals surface area (Å²) in [7, 11) is -9.49. The van der Waals surface area contributed by atoms with Crippen molar-refractivity contribution in [2.75, 3.05) is 19.8 Å². The minimum Gasteiger partial charge on any atom is -0.379 e. The van der Waals surface area contributed by atoms with Gasteiger partial charge in [-0.15, -0.1) is 0 Å². The van der Waals surface area contributed by atoms with Crippen LogP contribution >= 0.6 is 15.6 Å². The smallest absolute Gasteiger partial charge is 0.379 e. The van der Waals surface area contributed by atoms with Gasteiger partial charge in [0.15, 0.2) is 0 Å². The number of phosphoric ester groups is 2. The zero-order chi connectivity index (χ0) is 14.2. The Hall–Kier alpha value is 0.180. The molecule has 110 valence electrons. The third kappa shape index (κ3) is 12.6. The largest absolute Gasteiger partial charge is 0.470 e. The molecule has 0 aromatic heterocycles. The number of rotatable bonds is 10. The Bertz CT molecular complexity index is 308. The predicted octanol–water partition coefficient (Wildman–Crippen LogP) is 0.390. The van der Waals surface area contributed by atoms with E-state index in [4.69, 9.17) is 24.3 Å². The van der Waals surface area contributed by atoms with Gasteiger partial charge >= 0.3 is 15.6 Å². The molecule has 0 aromatic rings. The van der Waals surface area contributed by atoms with Gasteiger partial charge in [0.1, 0.15) is 6.10 Å². The Morgan fingerprint density at radius 2 is 1.67 bits per heavy atom. The van der Waals surface area contributed by atoms with E-state index in [1.165, 1.54) is 0 Å². The summed E-state index contributed by atoms with van der Waals surface area (Å²) in [4.78, 5) is 34.2. The minimum absolute atomic E-state index is 0.231. The zero-order valence-corrected chi connectivity index (χ0v) is 11.6. The summed E-state index contributed by atoms with van der Waals surface area (Å²) in [5.41, 5.74) is 0. The molecule has 0 amide bonds. The van der Waals surface area contributed by atoms with E-state index in [9.17, 15) is 9.13 Å². The Morgan fingerprint density at radius 3 is 2.11 bits per heavy atom. The van der Waals surface area contributed by atoms with Crippen molar-refractivity contribution in [1.29, 1.82) is 0 Å². The molecule has 1 unspecified atom stereocenters. The lowest BCUT2D eigenvalue weighted by atomic mass is 10.3. The third-order valence-corrected chi connectivity index (χ3v) is 2.72. The van der Waals surface area contributed by atoms with Gasteiger partial charge in [0.05, 0.1) is 13.2 Å². The van der Waals surface area contributed by atoms with Crippen LogP contribution in [0.25, 0.3) is 0 Å². The number of unbranched alkanes of at least 4 members (excludes halogenated alkanes) is 1. The van der Waals surface area contributed by atoms with E-state index in [0.29, 0.717) is 6.61 Å². The Labute approximate surface area is 105 Å². The molecule has 1 atom stereocenters. The second-order valence-corrected chi connectivity index (χ2v) is 5.86.